The molecule has 1 fully saturated rings. The minimum atomic E-state index is 0.267. The first kappa shape index (κ1) is 17.5. The first-order chi connectivity index (χ1) is 13.4. The molecule has 3 aromatic rings. The molecule has 0 unspecified atom stereocenters. The number of nitrogens with zero attached hydrogens (tertiary/aromatic N) is 2. The monoisotopic (exact) mass is 356 g/mol. The summed E-state index contributed by atoms with van der Waals surface area (Å²) in [6.45, 7) is 1.93. The molecule has 0 bridgehead atoms. The summed E-state index contributed by atoms with van der Waals surface area (Å²) in [5.74, 6) is 0.377. The van der Waals surface area contributed by atoms with Gasteiger partial charge in [-0.05, 0) is 16.7 Å². The minimum Gasteiger partial charge on any atom is -0.399 e. The third-order valence-corrected chi connectivity index (χ3v) is 5.15. The van der Waals surface area contributed by atoms with Gasteiger partial charge in [-0.1, -0.05) is 96.2 Å². The van der Waals surface area contributed by atoms with Crippen molar-refractivity contribution in [2.24, 2.45) is 11.1 Å². The summed E-state index contributed by atoms with van der Waals surface area (Å²) >= 11 is 0. The fraction of sp³-hybridized carbons (Fsp3) is 0.208. The summed E-state index contributed by atoms with van der Waals surface area (Å²) in [4.78, 5) is 7.67. The van der Waals surface area contributed by atoms with Gasteiger partial charge < -0.3 is 4.84 Å². The average molecular weight is 356 g/mol. The van der Waals surface area contributed by atoms with Gasteiger partial charge >= 0.3 is 0 Å². The lowest BCUT2D eigenvalue weighted by molar-refractivity contribution is 0.102. The van der Waals surface area contributed by atoms with Gasteiger partial charge in [-0.15, -0.1) is 0 Å². The largest absolute Gasteiger partial charge is 0.399 e. The van der Waals surface area contributed by atoms with Gasteiger partial charge in [0.15, 0.2) is 0 Å². The van der Waals surface area contributed by atoms with E-state index >= 15 is 0 Å². The first-order valence-electron chi connectivity index (χ1n) is 9.37. The molecule has 1 aliphatic rings. The van der Waals surface area contributed by atoms with Crippen molar-refractivity contribution in [1.82, 2.24) is 4.90 Å². The van der Waals surface area contributed by atoms with Crippen LogP contribution in [0, 0.1) is 5.92 Å². The van der Waals surface area contributed by atoms with Crippen molar-refractivity contribution in [3.63, 3.8) is 0 Å². The predicted octanol–water partition coefficient (Wildman–Crippen LogP) is 4.76. The van der Waals surface area contributed by atoms with Crippen LogP contribution < -0.4 is 0 Å². The number of rotatable bonds is 6. The van der Waals surface area contributed by atoms with Crippen molar-refractivity contribution in [3.05, 3.63) is 108 Å². The van der Waals surface area contributed by atoms with E-state index in [1.54, 1.807) is 7.11 Å². The maximum Gasteiger partial charge on any atom is 0.106 e. The van der Waals surface area contributed by atoms with E-state index in [0.29, 0.717) is 5.92 Å². The standard InChI is InChI=1S/C24H24N2O/c1-27-25-23(19-11-5-2-6-12-19)22-17-26(18-22)24(20-13-7-3-8-14-20)21-15-9-4-10-16-21/h2-16,22,24H,17-18H2,1H3. The second-order valence-corrected chi connectivity index (χ2v) is 6.90. The summed E-state index contributed by atoms with van der Waals surface area (Å²) in [6, 6.07) is 32.1. The van der Waals surface area contributed by atoms with Crippen LogP contribution in [0.25, 0.3) is 0 Å². The highest BCUT2D eigenvalue weighted by molar-refractivity contribution is 6.02. The smallest absolute Gasteiger partial charge is 0.106 e. The van der Waals surface area contributed by atoms with Crippen LogP contribution in [0.2, 0.25) is 0 Å². The second-order valence-electron chi connectivity index (χ2n) is 6.90. The quantitative estimate of drug-likeness (QED) is 0.470. The zero-order valence-electron chi connectivity index (χ0n) is 15.5. The Morgan fingerprint density at radius 2 is 1.30 bits per heavy atom. The molecule has 1 aliphatic heterocycles. The van der Waals surface area contributed by atoms with Crippen LogP contribution in [-0.4, -0.2) is 30.8 Å². The highest BCUT2D eigenvalue weighted by Gasteiger charge is 2.37. The molecule has 1 heterocycles. The van der Waals surface area contributed by atoms with Gasteiger partial charge in [0.2, 0.25) is 0 Å². The average Bonchev–Trinajstić information content (AvgIpc) is 2.71. The normalized spacial score (nSPS) is 15.6. The van der Waals surface area contributed by atoms with Gasteiger partial charge in [-0.2, -0.15) is 0 Å². The topological polar surface area (TPSA) is 24.8 Å². The van der Waals surface area contributed by atoms with Crippen LogP contribution in [0.1, 0.15) is 22.7 Å². The summed E-state index contributed by atoms with van der Waals surface area (Å²) < 4.78 is 0. The van der Waals surface area contributed by atoms with Crippen LogP contribution in [0.5, 0.6) is 0 Å². The Balaban J connectivity index is 1.57. The van der Waals surface area contributed by atoms with Crippen molar-refractivity contribution in [1.29, 1.82) is 0 Å². The molecular weight excluding hydrogens is 332 g/mol. The van der Waals surface area contributed by atoms with Crippen molar-refractivity contribution in [3.8, 4) is 0 Å². The minimum absolute atomic E-state index is 0.267. The molecule has 1 saturated heterocycles. The Hall–Kier alpha value is -2.91. The Bertz CT molecular complexity index is 833. The van der Waals surface area contributed by atoms with Crippen molar-refractivity contribution >= 4 is 5.71 Å². The van der Waals surface area contributed by atoms with Crippen LogP contribution in [0.4, 0.5) is 0 Å². The Labute approximate surface area is 160 Å². The molecule has 0 amide bonds. The van der Waals surface area contributed by atoms with E-state index in [4.69, 9.17) is 4.84 Å². The SMILES string of the molecule is CON=C(c1ccccc1)C1CN(C(c2ccccc2)c2ccccc2)C1. The van der Waals surface area contributed by atoms with E-state index in [1.165, 1.54) is 11.1 Å². The molecule has 0 saturated carbocycles. The molecule has 136 valence electrons. The van der Waals surface area contributed by atoms with Gasteiger partial charge in [0.25, 0.3) is 0 Å². The fourth-order valence-corrected chi connectivity index (χ4v) is 3.85. The van der Waals surface area contributed by atoms with E-state index in [9.17, 15) is 0 Å². The van der Waals surface area contributed by atoms with Crippen LogP contribution in [-0.2, 0) is 4.84 Å². The molecule has 27 heavy (non-hydrogen) atoms. The molecule has 0 spiro atoms. The summed E-state index contributed by atoms with van der Waals surface area (Å²) in [7, 11) is 1.62. The molecule has 0 atom stereocenters. The van der Waals surface area contributed by atoms with E-state index in [0.717, 1.165) is 24.4 Å². The second kappa shape index (κ2) is 8.19. The van der Waals surface area contributed by atoms with E-state index in [2.05, 4.69) is 82.9 Å². The highest BCUT2D eigenvalue weighted by Crippen LogP contribution is 2.35. The van der Waals surface area contributed by atoms with Crippen LogP contribution >= 0.6 is 0 Å². The number of oxime groups is 1. The zero-order valence-corrected chi connectivity index (χ0v) is 15.5. The van der Waals surface area contributed by atoms with Crippen molar-refractivity contribution < 1.29 is 4.84 Å². The molecule has 3 aromatic carbocycles. The van der Waals surface area contributed by atoms with Gasteiger partial charge in [0, 0.05) is 19.0 Å². The zero-order chi connectivity index (χ0) is 18.5. The lowest BCUT2D eigenvalue weighted by Crippen LogP contribution is -2.52. The molecule has 0 N–H and O–H groups in total. The number of hydrogen-bond donors (Lipinski definition) is 0. The van der Waals surface area contributed by atoms with Gasteiger partial charge in [-0.3, -0.25) is 4.90 Å². The highest BCUT2D eigenvalue weighted by atomic mass is 16.6. The lowest BCUT2D eigenvalue weighted by atomic mass is 9.85. The fourth-order valence-electron chi connectivity index (χ4n) is 3.85. The van der Waals surface area contributed by atoms with E-state index < -0.39 is 0 Å². The van der Waals surface area contributed by atoms with Crippen LogP contribution in [0.15, 0.2) is 96.2 Å². The van der Waals surface area contributed by atoms with E-state index in [1.807, 2.05) is 18.2 Å². The molecule has 0 aromatic heterocycles. The summed E-state index contributed by atoms with van der Waals surface area (Å²) in [5.41, 5.74) is 4.83. The number of benzene rings is 3. The third-order valence-electron chi connectivity index (χ3n) is 5.15. The lowest BCUT2D eigenvalue weighted by Gasteiger charge is -2.45. The predicted molar refractivity (Wildman–Crippen MR) is 110 cm³/mol. The summed E-state index contributed by atoms with van der Waals surface area (Å²) in [6.07, 6.45) is 0. The molecule has 4 rings (SSSR count). The van der Waals surface area contributed by atoms with Gasteiger partial charge in [0.05, 0.1) is 11.8 Å². The van der Waals surface area contributed by atoms with Crippen LogP contribution in [0.3, 0.4) is 0 Å². The number of hydrogen-bond acceptors (Lipinski definition) is 3. The first-order valence-corrected chi connectivity index (χ1v) is 9.37. The third kappa shape index (κ3) is 3.79. The Morgan fingerprint density at radius 1 is 0.815 bits per heavy atom. The van der Waals surface area contributed by atoms with E-state index in [-0.39, 0.29) is 6.04 Å². The van der Waals surface area contributed by atoms with Crippen molar-refractivity contribution in [2.45, 2.75) is 6.04 Å². The molecule has 0 radical (unpaired) electrons. The molecule has 3 nitrogen and oxygen atoms in total. The molecular formula is C24H24N2O. The molecule has 3 heteroatoms. The number of likely N-dealkylation sites (tertiary alicyclic amines) is 1. The Kier molecular flexibility index (Phi) is 5.31. The van der Waals surface area contributed by atoms with Gasteiger partial charge in [-0.25, -0.2) is 0 Å². The maximum atomic E-state index is 5.15. The van der Waals surface area contributed by atoms with Gasteiger partial charge in [0.1, 0.15) is 7.11 Å². The summed E-state index contributed by atoms with van der Waals surface area (Å²) in [5, 5.41) is 4.35. The van der Waals surface area contributed by atoms with Crippen molar-refractivity contribution in [2.75, 3.05) is 20.2 Å². The molecule has 0 aliphatic carbocycles. The Morgan fingerprint density at radius 3 is 1.78 bits per heavy atom. The maximum absolute atomic E-state index is 5.15.